The van der Waals surface area contributed by atoms with Gasteiger partial charge >= 0.3 is 0 Å². The molecule has 0 aromatic heterocycles. The van der Waals surface area contributed by atoms with Gasteiger partial charge in [0.25, 0.3) is 0 Å². The normalized spacial score (nSPS) is 12.0. The van der Waals surface area contributed by atoms with Crippen molar-refractivity contribution in [1.82, 2.24) is 0 Å². The van der Waals surface area contributed by atoms with Crippen LogP contribution in [0.5, 0.6) is 0 Å². The second-order valence-corrected chi connectivity index (χ2v) is 5.45. The fourth-order valence-corrected chi connectivity index (χ4v) is 1.45. The average Bonchev–Trinajstić information content (AvgIpc) is 2.14. The molecule has 1 nitrogen and oxygen atoms in total. The highest BCUT2D eigenvalue weighted by molar-refractivity contribution is 5.93. The molecule has 1 heteroatoms. The van der Waals surface area contributed by atoms with Crippen molar-refractivity contribution in [2.24, 2.45) is 5.41 Å². The van der Waals surface area contributed by atoms with Gasteiger partial charge in [-0.25, -0.2) is 0 Å². The summed E-state index contributed by atoms with van der Waals surface area (Å²) in [7, 11) is 0. The molecule has 0 aliphatic heterocycles. The largest absolute Gasteiger partial charge is 0.295 e. The monoisotopic (exact) mass is 216 g/mol. The average molecular weight is 216 g/mol. The number of rotatable bonds is 3. The lowest BCUT2D eigenvalue weighted by molar-refractivity contribution is -0.116. The third kappa shape index (κ3) is 4.92. The minimum Gasteiger partial charge on any atom is -0.295 e. The van der Waals surface area contributed by atoms with Crippen molar-refractivity contribution in [2.75, 3.05) is 0 Å². The van der Waals surface area contributed by atoms with E-state index in [-0.39, 0.29) is 11.2 Å². The van der Waals surface area contributed by atoms with Crippen LogP contribution in [-0.2, 0) is 4.79 Å². The predicted octanol–water partition coefficient (Wildman–Crippen LogP) is 4.01. The first kappa shape index (κ1) is 12.7. The maximum Gasteiger partial charge on any atom is 0.156 e. The number of hydrogen-bond acceptors (Lipinski definition) is 1. The van der Waals surface area contributed by atoms with Crippen molar-refractivity contribution in [3.63, 3.8) is 0 Å². The summed E-state index contributed by atoms with van der Waals surface area (Å²) >= 11 is 0. The molecule has 0 saturated heterocycles. The zero-order chi connectivity index (χ0) is 12.2. The van der Waals surface area contributed by atoms with E-state index < -0.39 is 0 Å². The highest BCUT2D eigenvalue weighted by Crippen LogP contribution is 2.19. The van der Waals surface area contributed by atoms with Gasteiger partial charge in [0, 0.05) is 6.42 Å². The third-order valence-corrected chi connectivity index (χ3v) is 2.24. The van der Waals surface area contributed by atoms with Crippen LogP contribution in [0.25, 0.3) is 6.08 Å². The molecule has 0 saturated carbocycles. The Hall–Kier alpha value is -1.37. The molecule has 0 aliphatic carbocycles. The van der Waals surface area contributed by atoms with Crippen molar-refractivity contribution in [3.8, 4) is 0 Å². The molecule has 0 fully saturated rings. The van der Waals surface area contributed by atoms with Crippen LogP contribution < -0.4 is 0 Å². The Morgan fingerprint density at radius 1 is 1.19 bits per heavy atom. The standard InChI is InChI=1S/C15H20O/c1-12-5-7-13(8-6-12)9-10-14(16)11-15(2,3)4/h5-10H,11H2,1-4H3/b10-9+. The summed E-state index contributed by atoms with van der Waals surface area (Å²) in [6, 6.07) is 8.15. The second kappa shape index (κ2) is 5.11. The van der Waals surface area contributed by atoms with E-state index in [2.05, 4.69) is 27.7 Å². The molecule has 0 bridgehead atoms. The number of carbonyl (C=O) groups is 1. The highest BCUT2D eigenvalue weighted by Gasteiger charge is 2.13. The van der Waals surface area contributed by atoms with Gasteiger partial charge in [0.15, 0.2) is 5.78 Å². The molecule has 0 atom stereocenters. The smallest absolute Gasteiger partial charge is 0.156 e. The SMILES string of the molecule is Cc1ccc(/C=C/C(=O)CC(C)(C)C)cc1. The summed E-state index contributed by atoms with van der Waals surface area (Å²) in [6.45, 7) is 8.28. The van der Waals surface area contributed by atoms with E-state index in [1.165, 1.54) is 5.56 Å². The van der Waals surface area contributed by atoms with Crippen molar-refractivity contribution in [2.45, 2.75) is 34.1 Å². The van der Waals surface area contributed by atoms with Crippen LogP contribution in [0.3, 0.4) is 0 Å². The molecule has 0 N–H and O–H groups in total. The Morgan fingerprint density at radius 3 is 2.25 bits per heavy atom. The number of aryl methyl sites for hydroxylation is 1. The molecule has 1 rings (SSSR count). The highest BCUT2D eigenvalue weighted by atomic mass is 16.1. The number of allylic oxidation sites excluding steroid dienone is 1. The van der Waals surface area contributed by atoms with Crippen LogP contribution in [0.1, 0.15) is 38.3 Å². The van der Waals surface area contributed by atoms with E-state index in [1.54, 1.807) is 6.08 Å². The molecule has 1 aromatic rings. The van der Waals surface area contributed by atoms with Crippen LogP contribution in [0.15, 0.2) is 30.3 Å². The van der Waals surface area contributed by atoms with Crippen LogP contribution in [0.4, 0.5) is 0 Å². The third-order valence-electron chi connectivity index (χ3n) is 2.24. The lowest BCUT2D eigenvalue weighted by atomic mass is 9.90. The van der Waals surface area contributed by atoms with Gasteiger partial charge in [-0.2, -0.15) is 0 Å². The molecule has 86 valence electrons. The van der Waals surface area contributed by atoms with Gasteiger partial charge in [0.1, 0.15) is 0 Å². The molecule has 0 amide bonds. The lowest BCUT2D eigenvalue weighted by Gasteiger charge is -2.14. The summed E-state index contributed by atoms with van der Waals surface area (Å²) in [5.74, 6) is 0.188. The van der Waals surface area contributed by atoms with Gasteiger partial charge in [0.2, 0.25) is 0 Å². The van der Waals surface area contributed by atoms with E-state index in [4.69, 9.17) is 0 Å². The van der Waals surface area contributed by atoms with Gasteiger partial charge < -0.3 is 0 Å². The number of ketones is 1. The first-order chi connectivity index (χ1) is 7.37. The van der Waals surface area contributed by atoms with Gasteiger partial charge in [-0.05, 0) is 24.0 Å². The molecule has 0 unspecified atom stereocenters. The van der Waals surface area contributed by atoms with Gasteiger partial charge in [-0.15, -0.1) is 0 Å². The second-order valence-electron chi connectivity index (χ2n) is 5.45. The summed E-state index contributed by atoms with van der Waals surface area (Å²) in [4.78, 5) is 11.6. The van der Waals surface area contributed by atoms with Crippen molar-refractivity contribution < 1.29 is 4.79 Å². The fourth-order valence-electron chi connectivity index (χ4n) is 1.45. The van der Waals surface area contributed by atoms with Crippen molar-refractivity contribution in [1.29, 1.82) is 0 Å². The van der Waals surface area contributed by atoms with Crippen molar-refractivity contribution >= 4 is 11.9 Å². The summed E-state index contributed by atoms with van der Waals surface area (Å²) in [6.07, 6.45) is 4.15. The molecule has 1 aromatic carbocycles. The minimum atomic E-state index is 0.0642. The van der Waals surface area contributed by atoms with Crippen LogP contribution in [0.2, 0.25) is 0 Å². The van der Waals surface area contributed by atoms with Crippen LogP contribution >= 0.6 is 0 Å². The Kier molecular flexibility index (Phi) is 4.05. The van der Waals surface area contributed by atoms with Gasteiger partial charge in [0.05, 0.1) is 0 Å². The number of benzene rings is 1. The maximum atomic E-state index is 11.6. The Morgan fingerprint density at radius 2 is 1.75 bits per heavy atom. The van der Waals surface area contributed by atoms with E-state index in [0.29, 0.717) is 6.42 Å². The molecule has 16 heavy (non-hydrogen) atoms. The number of hydrogen-bond donors (Lipinski definition) is 0. The minimum absolute atomic E-state index is 0.0642. The summed E-state index contributed by atoms with van der Waals surface area (Å²) < 4.78 is 0. The molecule has 0 heterocycles. The Labute approximate surface area is 98.2 Å². The lowest BCUT2D eigenvalue weighted by Crippen LogP contribution is -2.10. The predicted molar refractivity (Wildman–Crippen MR) is 69.3 cm³/mol. The van der Waals surface area contributed by atoms with Gasteiger partial charge in [-0.1, -0.05) is 56.7 Å². The quantitative estimate of drug-likeness (QED) is 0.698. The summed E-state index contributed by atoms with van der Waals surface area (Å²) in [5, 5.41) is 0. The molecular weight excluding hydrogens is 196 g/mol. The maximum absolute atomic E-state index is 11.6. The molecule has 0 aliphatic rings. The van der Waals surface area contributed by atoms with Gasteiger partial charge in [-0.3, -0.25) is 4.79 Å². The molecule has 0 spiro atoms. The van der Waals surface area contributed by atoms with Crippen LogP contribution in [0, 0.1) is 12.3 Å². The number of carbonyl (C=O) groups excluding carboxylic acids is 1. The fraction of sp³-hybridized carbons (Fsp3) is 0.400. The van der Waals surface area contributed by atoms with E-state index in [0.717, 1.165) is 5.56 Å². The van der Waals surface area contributed by atoms with Crippen LogP contribution in [-0.4, -0.2) is 5.78 Å². The zero-order valence-electron chi connectivity index (χ0n) is 10.6. The topological polar surface area (TPSA) is 17.1 Å². The first-order valence-corrected chi connectivity index (χ1v) is 5.64. The van der Waals surface area contributed by atoms with E-state index in [1.807, 2.05) is 30.3 Å². The Balaban J connectivity index is 2.60. The van der Waals surface area contributed by atoms with E-state index >= 15 is 0 Å². The molecular formula is C15H20O. The molecule has 0 radical (unpaired) electrons. The van der Waals surface area contributed by atoms with E-state index in [9.17, 15) is 4.79 Å². The zero-order valence-corrected chi connectivity index (χ0v) is 10.6. The Bertz CT molecular complexity index is 377. The van der Waals surface area contributed by atoms with Crippen molar-refractivity contribution in [3.05, 3.63) is 41.5 Å². The summed E-state index contributed by atoms with van der Waals surface area (Å²) in [5.41, 5.74) is 2.38. The first-order valence-electron chi connectivity index (χ1n) is 5.64.